The molecule has 0 spiro atoms. The summed E-state index contributed by atoms with van der Waals surface area (Å²) in [5, 5.41) is 8.52. The van der Waals surface area contributed by atoms with Gasteiger partial charge < -0.3 is 10.6 Å². The van der Waals surface area contributed by atoms with E-state index in [0.717, 1.165) is 6.54 Å². The first kappa shape index (κ1) is 10.1. The first-order valence-corrected chi connectivity index (χ1v) is 4.25. The summed E-state index contributed by atoms with van der Waals surface area (Å²) in [6.07, 6.45) is 9.75. The van der Waals surface area contributed by atoms with E-state index in [4.69, 9.17) is 11.0 Å². The molecule has 1 aliphatic rings. The molecule has 0 unspecified atom stereocenters. The fourth-order valence-electron chi connectivity index (χ4n) is 0.933. The smallest absolute Gasteiger partial charge is 0.206 e. The molecule has 0 aromatic carbocycles. The monoisotopic (exact) mass is 191 g/mol. The van der Waals surface area contributed by atoms with Gasteiger partial charge in [0.15, 0.2) is 6.19 Å². The Morgan fingerprint density at radius 1 is 1.71 bits per heavy atom. The van der Waals surface area contributed by atoms with Crippen LogP contribution in [-0.4, -0.2) is 36.0 Å². The van der Waals surface area contributed by atoms with Crippen LogP contribution in [0, 0.1) is 11.5 Å². The molecular weight excluding hydrogens is 178 g/mol. The molecule has 74 valence electrons. The van der Waals surface area contributed by atoms with Crippen molar-refractivity contribution in [1.82, 2.24) is 9.80 Å². The van der Waals surface area contributed by atoms with E-state index >= 15 is 0 Å². The highest BCUT2D eigenvalue weighted by molar-refractivity contribution is 5.79. The number of nitriles is 1. The van der Waals surface area contributed by atoms with Gasteiger partial charge in [0.2, 0.25) is 5.96 Å². The van der Waals surface area contributed by atoms with Crippen LogP contribution >= 0.6 is 0 Å². The van der Waals surface area contributed by atoms with Crippen LogP contribution in [0.1, 0.15) is 0 Å². The summed E-state index contributed by atoms with van der Waals surface area (Å²) in [6.45, 7) is 1.29. The molecule has 0 amide bonds. The molecule has 0 bridgehead atoms. The van der Waals surface area contributed by atoms with Crippen LogP contribution in [0.4, 0.5) is 0 Å². The lowest BCUT2D eigenvalue weighted by Gasteiger charge is -2.18. The SMILES string of the molecule is CN(C#N)C(N)=NCN1C=CC=CC1. The Morgan fingerprint density at radius 2 is 2.50 bits per heavy atom. The van der Waals surface area contributed by atoms with Gasteiger partial charge in [-0.25, -0.2) is 4.99 Å². The molecule has 5 heteroatoms. The van der Waals surface area contributed by atoms with Crippen LogP contribution in [0.25, 0.3) is 0 Å². The molecule has 0 atom stereocenters. The lowest BCUT2D eigenvalue weighted by atomic mass is 10.4. The van der Waals surface area contributed by atoms with Crippen molar-refractivity contribution in [3.63, 3.8) is 0 Å². The van der Waals surface area contributed by atoms with Crippen molar-refractivity contribution in [2.24, 2.45) is 10.7 Å². The third kappa shape index (κ3) is 2.83. The first-order valence-electron chi connectivity index (χ1n) is 4.25. The van der Waals surface area contributed by atoms with Gasteiger partial charge in [-0.05, 0) is 6.08 Å². The number of rotatable bonds is 2. The quantitative estimate of drug-likeness (QED) is 0.290. The molecule has 0 aromatic rings. The largest absolute Gasteiger partial charge is 0.369 e. The van der Waals surface area contributed by atoms with E-state index in [-0.39, 0.29) is 5.96 Å². The molecule has 2 N–H and O–H groups in total. The number of hydrogen-bond acceptors (Lipinski definition) is 3. The molecule has 0 fully saturated rings. The molecule has 0 saturated heterocycles. The van der Waals surface area contributed by atoms with Gasteiger partial charge in [-0.3, -0.25) is 4.90 Å². The average Bonchev–Trinajstić information content (AvgIpc) is 2.26. The first-order chi connectivity index (χ1) is 6.74. The Bertz CT molecular complexity index is 310. The van der Waals surface area contributed by atoms with E-state index in [9.17, 15) is 0 Å². The van der Waals surface area contributed by atoms with Crippen molar-refractivity contribution in [1.29, 1.82) is 5.26 Å². The van der Waals surface area contributed by atoms with Gasteiger partial charge in [0.25, 0.3) is 0 Å². The van der Waals surface area contributed by atoms with Gasteiger partial charge in [0.1, 0.15) is 6.67 Å². The molecule has 1 rings (SSSR count). The minimum atomic E-state index is 0.232. The van der Waals surface area contributed by atoms with E-state index in [0.29, 0.717) is 6.67 Å². The zero-order valence-corrected chi connectivity index (χ0v) is 8.09. The third-order valence-electron chi connectivity index (χ3n) is 1.79. The van der Waals surface area contributed by atoms with E-state index < -0.39 is 0 Å². The van der Waals surface area contributed by atoms with Crippen LogP contribution < -0.4 is 5.73 Å². The van der Waals surface area contributed by atoms with Crippen LogP contribution in [0.5, 0.6) is 0 Å². The lowest BCUT2D eigenvalue weighted by Crippen LogP contribution is -2.32. The highest BCUT2D eigenvalue weighted by Crippen LogP contribution is 1.97. The summed E-state index contributed by atoms with van der Waals surface area (Å²) < 4.78 is 0. The zero-order valence-electron chi connectivity index (χ0n) is 8.09. The van der Waals surface area contributed by atoms with Gasteiger partial charge in [-0.15, -0.1) is 0 Å². The summed E-state index contributed by atoms with van der Waals surface area (Å²) in [5.74, 6) is 0.232. The minimum Gasteiger partial charge on any atom is -0.369 e. The van der Waals surface area contributed by atoms with Crippen LogP contribution in [0.2, 0.25) is 0 Å². The maximum atomic E-state index is 8.52. The summed E-state index contributed by atoms with van der Waals surface area (Å²) in [7, 11) is 1.57. The molecule has 1 aliphatic heterocycles. The van der Waals surface area contributed by atoms with Crippen molar-refractivity contribution in [3.05, 3.63) is 24.4 Å². The maximum absolute atomic E-state index is 8.52. The molecule has 0 radical (unpaired) electrons. The molecule has 1 heterocycles. The highest BCUT2D eigenvalue weighted by Gasteiger charge is 2.01. The lowest BCUT2D eigenvalue weighted by molar-refractivity contribution is 0.423. The predicted octanol–water partition coefficient (Wildman–Crippen LogP) is 0.0570. The van der Waals surface area contributed by atoms with E-state index in [1.54, 1.807) is 7.05 Å². The standard InChI is InChI=1S/C9H13N5/c1-13(7-10)9(11)12-8-14-5-3-2-4-6-14/h2-5H,6,8H2,1H3,(H2,11,12). The van der Waals surface area contributed by atoms with Gasteiger partial charge in [-0.1, -0.05) is 12.2 Å². The van der Waals surface area contributed by atoms with E-state index in [1.165, 1.54) is 4.90 Å². The van der Waals surface area contributed by atoms with Crippen molar-refractivity contribution in [2.75, 3.05) is 20.3 Å². The number of allylic oxidation sites excluding steroid dienone is 2. The Balaban J connectivity index is 2.43. The molecule has 0 aromatic heterocycles. The zero-order chi connectivity index (χ0) is 10.4. The molecular formula is C9H13N5. The Morgan fingerprint density at radius 3 is 3.07 bits per heavy atom. The number of nitrogens with two attached hydrogens (primary N) is 1. The van der Waals surface area contributed by atoms with Gasteiger partial charge in [0, 0.05) is 19.8 Å². The van der Waals surface area contributed by atoms with Crippen molar-refractivity contribution < 1.29 is 0 Å². The second-order valence-corrected chi connectivity index (χ2v) is 2.86. The molecule has 0 aliphatic carbocycles. The number of nitrogens with zero attached hydrogens (tertiary/aromatic N) is 4. The highest BCUT2D eigenvalue weighted by atomic mass is 15.3. The fourth-order valence-corrected chi connectivity index (χ4v) is 0.933. The topological polar surface area (TPSA) is 68.6 Å². The Labute approximate surface area is 83.4 Å². The van der Waals surface area contributed by atoms with Gasteiger partial charge in [0.05, 0.1) is 0 Å². The van der Waals surface area contributed by atoms with Crippen molar-refractivity contribution >= 4 is 5.96 Å². The van der Waals surface area contributed by atoms with E-state index in [1.807, 2.05) is 35.5 Å². The molecule has 5 nitrogen and oxygen atoms in total. The molecule has 0 saturated carbocycles. The van der Waals surface area contributed by atoms with Crippen molar-refractivity contribution in [3.8, 4) is 6.19 Å². The molecule has 14 heavy (non-hydrogen) atoms. The number of hydrogen-bond donors (Lipinski definition) is 1. The van der Waals surface area contributed by atoms with E-state index in [2.05, 4.69) is 4.99 Å². The average molecular weight is 191 g/mol. The van der Waals surface area contributed by atoms with Crippen LogP contribution in [0.3, 0.4) is 0 Å². The predicted molar refractivity (Wildman–Crippen MR) is 54.9 cm³/mol. The third-order valence-corrected chi connectivity index (χ3v) is 1.79. The summed E-state index contributed by atoms with van der Waals surface area (Å²) in [4.78, 5) is 7.27. The normalized spacial score (nSPS) is 15.4. The van der Waals surface area contributed by atoms with Gasteiger partial charge in [-0.2, -0.15) is 5.26 Å². The minimum absolute atomic E-state index is 0.232. The number of aliphatic imine (C=N–C) groups is 1. The second kappa shape index (κ2) is 4.92. The summed E-state index contributed by atoms with van der Waals surface area (Å²) >= 11 is 0. The summed E-state index contributed by atoms with van der Waals surface area (Å²) in [5.41, 5.74) is 5.53. The van der Waals surface area contributed by atoms with Crippen molar-refractivity contribution in [2.45, 2.75) is 0 Å². The maximum Gasteiger partial charge on any atom is 0.206 e. The second-order valence-electron chi connectivity index (χ2n) is 2.86. The van der Waals surface area contributed by atoms with Gasteiger partial charge >= 0.3 is 0 Å². The Hall–Kier alpha value is -1.96. The van der Waals surface area contributed by atoms with Crippen LogP contribution in [0.15, 0.2) is 29.4 Å². The number of guanidine groups is 1. The summed E-state index contributed by atoms with van der Waals surface area (Å²) in [6, 6.07) is 0. The van der Waals surface area contributed by atoms with Crippen LogP contribution in [-0.2, 0) is 0 Å². The Kier molecular flexibility index (Phi) is 3.56. The fraction of sp³-hybridized carbons (Fsp3) is 0.333.